The zero-order valence-corrected chi connectivity index (χ0v) is 13.7. The molecule has 0 saturated heterocycles. The third-order valence-electron chi connectivity index (χ3n) is 3.70. The molecule has 2 aromatic rings. The lowest BCUT2D eigenvalue weighted by molar-refractivity contribution is 0.475. The van der Waals surface area contributed by atoms with Crippen LogP contribution in [-0.4, -0.2) is 15.1 Å². The van der Waals surface area contributed by atoms with E-state index in [0.29, 0.717) is 16.9 Å². The predicted molar refractivity (Wildman–Crippen MR) is 88.1 cm³/mol. The molecule has 0 amide bonds. The number of hydrogen-bond donors (Lipinski definition) is 1. The van der Waals surface area contributed by atoms with Crippen LogP contribution in [0.15, 0.2) is 24.3 Å². The Kier molecular flexibility index (Phi) is 4.12. The molecule has 5 heteroatoms. The van der Waals surface area contributed by atoms with Crippen molar-refractivity contribution in [1.82, 2.24) is 9.97 Å². The van der Waals surface area contributed by atoms with Gasteiger partial charge in [0.1, 0.15) is 10.9 Å². The molecule has 1 fully saturated rings. The summed E-state index contributed by atoms with van der Waals surface area (Å²) in [7, 11) is 0. The number of hydrogen-bond acceptors (Lipinski definition) is 3. The van der Waals surface area contributed by atoms with Gasteiger partial charge in [0.25, 0.3) is 0 Å². The lowest BCUT2D eigenvalue weighted by Crippen LogP contribution is -2.04. The van der Waals surface area contributed by atoms with Crippen molar-refractivity contribution in [2.45, 2.75) is 31.6 Å². The molecular formula is C15H14ClIN2O. The van der Waals surface area contributed by atoms with E-state index in [1.807, 2.05) is 12.1 Å². The van der Waals surface area contributed by atoms with Crippen LogP contribution >= 0.6 is 34.2 Å². The fourth-order valence-corrected chi connectivity index (χ4v) is 3.50. The van der Waals surface area contributed by atoms with Crippen LogP contribution in [0.25, 0.3) is 11.4 Å². The zero-order valence-electron chi connectivity index (χ0n) is 10.8. The van der Waals surface area contributed by atoms with E-state index in [1.54, 1.807) is 12.1 Å². The molecular weight excluding hydrogens is 387 g/mol. The molecule has 3 nitrogen and oxygen atoms in total. The number of phenolic OH excluding ortho intramolecular Hbond substituents is 1. The first-order valence-electron chi connectivity index (χ1n) is 6.67. The molecule has 0 radical (unpaired) electrons. The van der Waals surface area contributed by atoms with E-state index < -0.39 is 0 Å². The summed E-state index contributed by atoms with van der Waals surface area (Å²) in [6.45, 7) is 0. The van der Waals surface area contributed by atoms with Crippen molar-refractivity contribution in [1.29, 1.82) is 0 Å². The van der Waals surface area contributed by atoms with Gasteiger partial charge >= 0.3 is 0 Å². The van der Waals surface area contributed by atoms with Crippen LogP contribution in [0, 0.1) is 3.57 Å². The highest BCUT2D eigenvalue weighted by atomic mass is 127. The standard InChI is InChI=1S/C15H14ClIN2O/c16-14-12(17)13(9-3-1-2-4-9)18-15(19-14)10-5-7-11(20)8-6-10/h5-9,20H,1-4H2. The Hall–Kier alpha value is -0.880. The first-order chi connectivity index (χ1) is 9.65. The second-order valence-electron chi connectivity index (χ2n) is 5.07. The molecule has 1 aliphatic carbocycles. The van der Waals surface area contributed by atoms with E-state index >= 15 is 0 Å². The van der Waals surface area contributed by atoms with E-state index in [2.05, 4.69) is 27.6 Å². The topological polar surface area (TPSA) is 46.0 Å². The second-order valence-corrected chi connectivity index (χ2v) is 6.50. The van der Waals surface area contributed by atoms with Crippen LogP contribution in [0.4, 0.5) is 0 Å². The minimum absolute atomic E-state index is 0.237. The van der Waals surface area contributed by atoms with Crippen LogP contribution in [0.2, 0.25) is 5.15 Å². The van der Waals surface area contributed by atoms with Gasteiger partial charge in [0.05, 0.1) is 9.26 Å². The Labute approximate surface area is 136 Å². The highest BCUT2D eigenvalue weighted by Gasteiger charge is 2.23. The van der Waals surface area contributed by atoms with Crippen molar-refractivity contribution in [3.8, 4) is 17.1 Å². The van der Waals surface area contributed by atoms with Crippen LogP contribution in [0.3, 0.4) is 0 Å². The van der Waals surface area contributed by atoms with Crippen LogP contribution < -0.4 is 0 Å². The average molecular weight is 401 g/mol. The average Bonchev–Trinajstić information content (AvgIpc) is 2.96. The van der Waals surface area contributed by atoms with E-state index in [9.17, 15) is 5.11 Å². The number of benzene rings is 1. The molecule has 0 spiro atoms. The van der Waals surface area contributed by atoms with Crippen LogP contribution in [-0.2, 0) is 0 Å². The summed E-state index contributed by atoms with van der Waals surface area (Å²) in [5.41, 5.74) is 1.95. The van der Waals surface area contributed by atoms with Gasteiger partial charge in [0.15, 0.2) is 5.82 Å². The number of phenols is 1. The van der Waals surface area contributed by atoms with Crippen molar-refractivity contribution in [3.63, 3.8) is 0 Å². The predicted octanol–water partition coefficient (Wildman–Crippen LogP) is 4.76. The normalized spacial score (nSPS) is 15.7. The van der Waals surface area contributed by atoms with Crippen molar-refractivity contribution < 1.29 is 5.11 Å². The van der Waals surface area contributed by atoms with Crippen LogP contribution in [0.1, 0.15) is 37.3 Å². The smallest absolute Gasteiger partial charge is 0.161 e. The molecule has 3 rings (SSSR count). The SMILES string of the molecule is Oc1ccc(-c2nc(Cl)c(I)c(C3CCCC3)n2)cc1. The third kappa shape index (κ3) is 2.76. The van der Waals surface area contributed by atoms with Gasteiger partial charge in [-0.15, -0.1) is 0 Å². The summed E-state index contributed by atoms with van der Waals surface area (Å²) in [4.78, 5) is 9.10. The summed E-state index contributed by atoms with van der Waals surface area (Å²) in [5.74, 6) is 1.37. The number of aromatic hydroxyl groups is 1. The largest absolute Gasteiger partial charge is 0.508 e. The van der Waals surface area contributed by atoms with Crippen molar-refractivity contribution in [3.05, 3.63) is 38.7 Å². The van der Waals surface area contributed by atoms with Crippen molar-refractivity contribution >= 4 is 34.2 Å². The molecule has 1 saturated carbocycles. The lowest BCUT2D eigenvalue weighted by Gasteiger charge is -2.13. The van der Waals surface area contributed by atoms with Gasteiger partial charge in [0.2, 0.25) is 0 Å². The van der Waals surface area contributed by atoms with Crippen molar-refractivity contribution in [2.24, 2.45) is 0 Å². The van der Waals surface area contributed by atoms with Gasteiger partial charge in [-0.25, -0.2) is 9.97 Å². The van der Waals surface area contributed by atoms with Gasteiger partial charge in [-0.1, -0.05) is 24.4 Å². The fourth-order valence-electron chi connectivity index (χ4n) is 2.65. The Bertz CT molecular complexity index is 625. The molecule has 1 N–H and O–H groups in total. The van der Waals surface area contributed by atoms with Gasteiger partial charge in [0, 0.05) is 11.5 Å². The molecule has 1 aliphatic rings. The number of aromatic nitrogens is 2. The molecule has 104 valence electrons. The van der Waals surface area contributed by atoms with Gasteiger partial charge < -0.3 is 5.11 Å². The Morgan fingerprint density at radius 1 is 1.10 bits per heavy atom. The first-order valence-corrected chi connectivity index (χ1v) is 8.13. The minimum Gasteiger partial charge on any atom is -0.508 e. The van der Waals surface area contributed by atoms with Crippen LogP contribution in [0.5, 0.6) is 5.75 Å². The summed E-state index contributed by atoms with van der Waals surface area (Å²) < 4.78 is 0.971. The quantitative estimate of drug-likeness (QED) is 0.584. The molecule has 1 aromatic carbocycles. The van der Waals surface area contributed by atoms with E-state index in [0.717, 1.165) is 14.8 Å². The summed E-state index contributed by atoms with van der Waals surface area (Å²) in [6, 6.07) is 6.90. The summed E-state index contributed by atoms with van der Waals surface area (Å²) >= 11 is 8.51. The molecule has 20 heavy (non-hydrogen) atoms. The Morgan fingerprint density at radius 2 is 1.75 bits per heavy atom. The first kappa shape index (κ1) is 14.1. The van der Waals surface area contributed by atoms with Gasteiger partial charge in [-0.05, 0) is 59.7 Å². The Balaban J connectivity index is 2.05. The Morgan fingerprint density at radius 3 is 2.40 bits per heavy atom. The van der Waals surface area contributed by atoms with Gasteiger partial charge in [-0.2, -0.15) is 0 Å². The molecule has 0 unspecified atom stereocenters. The lowest BCUT2D eigenvalue weighted by atomic mass is 10.0. The maximum absolute atomic E-state index is 9.36. The van der Waals surface area contributed by atoms with E-state index in [-0.39, 0.29) is 5.75 Å². The maximum atomic E-state index is 9.36. The summed E-state index contributed by atoms with van der Waals surface area (Å²) in [6.07, 6.45) is 4.88. The van der Waals surface area contributed by atoms with E-state index in [1.165, 1.54) is 25.7 Å². The van der Waals surface area contributed by atoms with Crippen molar-refractivity contribution in [2.75, 3.05) is 0 Å². The van der Waals surface area contributed by atoms with E-state index in [4.69, 9.17) is 16.6 Å². The minimum atomic E-state index is 0.237. The fraction of sp³-hybridized carbons (Fsp3) is 0.333. The molecule has 0 bridgehead atoms. The molecule has 1 heterocycles. The maximum Gasteiger partial charge on any atom is 0.161 e. The molecule has 0 atom stereocenters. The highest BCUT2D eigenvalue weighted by Crippen LogP contribution is 2.37. The summed E-state index contributed by atoms with van der Waals surface area (Å²) in [5, 5.41) is 9.88. The molecule has 1 aromatic heterocycles. The highest BCUT2D eigenvalue weighted by molar-refractivity contribution is 14.1. The monoisotopic (exact) mass is 400 g/mol. The zero-order chi connectivity index (χ0) is 14.1. The third-order valence-corrected chi connectivity index (χ3v) is 5.36. The molecule has 0 aliphatic heterocycles. The number of rotatable bonds is 2. The second kappa shape index (κ2) is 5.85. The van der Waals surface area contributed by atoms with Gasteiger partial charge in [-0.3, -0.25) is 0 Å². The number of nitrogens with zero attached hydrogens (tertiary/aromatic N) is 2. The number of halogens is 2.